The fourth-order valence-electron chi connectivity index (χ4n) is 2.85. The Labute approximate surface area is 119 Å². The van der Waals surface area contributed by atoms with Gasteiger partial charge in [0.1, 0.15) is 0 Å². The highest BCUT2D eigenvalue weighted by molar-refractivity contribution is 5.78. The first-order chi connectivity index (χ1) is 9.49. The molecule has 2 amide bonds. The number of amides is 2. The van der Waals surface area contributed by atoms with E-state index in [9.17, 15) is 9.59 Å². The van der Waals surface area contributed by atoms with E-state index in [0.717, 1.165) is 25.9 Å². The maximum absolute atomic E-state index is 12.5. The van der Waals surface area contributed by atoms with Gasteiger partial charge in [0.2, 0.25) is 0 Å². The maximum Gasteiger partial charge on any atom is 0.334 e. The van der Waals surface area contributed by atoms with E-state index in [-0.39, 0.29) is 25.2 Å². The molecule has 2 rings (SSSR count). The van der Waals surface area contributed by atoms with Gasteiger partial charge in [-0.05, 0) is 26.9 Å². The fraction of sp³-hybridized carbons (Fsp3) is 0.846. The van der Waals surface area contributed by atoms with Crippen molar-refractivity contribution in [3.8, 4) is 0 Å². The number of morpholine rings is 1. The highest BCUT2D eigenvalue weighted by Crippen LogP contribution is 2.20. The first-order valence-corrected chi connectivity index (χ1v) is 7.03. The lowest BCUT2D eigenvalue weighted by Crippen LogP contribution is -2.54. The molecule has 2 heterocycles. The summed E-state index contributed by atoms with van der Waals surface area (Å²) in [5.41, 5.74) is 0. The van der Waals surface area contributed by atoms with Crippen LogP contribution < -0.4 is 0 Å². The van der Waals surface area contributed by atoms with Gasteiger partial charge >= 0.3 is 12.0 Å². The number of carbonyl (C=O) groups excluding carboxylic acids is 1. The van der Waals surface area contributed by atoms with Gasteiger partial charge in [-0.3, -0.25) is 0 Å². The Hall–Kier alpha value is -1.34. The zero-order chi connectivity index (χ0) is 14.7. The number of likely N-dealkylation sites (tertiary alicyclic amines) is 1. The number of hydrogen-bond donors (Lipinski definition) is 1. The molecule has 2 aliphatic rings. The summed E-state index contributed by atoms with van der Waals surface area (Å²) < 4.78 is 5.15. The molecule has 0 radical (unpaired) electrons. The van der Waals surface area contributed by atoms with Gasteiger partial charge in [0.15, 0.2) is 6.10 Å². The van der Waals surface area contributed by atoms with E-state index < -0.39 is 12.1 Å². The number of carboxylic acids is 1. The average Bonchev–Trinajstić information content (AvgIpc) is 2.85. The van der Waals surface area contributed by atoms with Crippen molar-refractivity contribution >= 4 is 12.0 Å². The van der Waals surface area contributed by atoms with Crippen LogP contribution >= 0.6 is 0 Å². The third-order valence-corrected chi connectivity index (χ3v) is 3.81. The number of carbonyl (C=O) groups is 2. The van der Waals surface area contributed by atoms with E-state index in [1.807, 2.05) is 19.0 Å². The van der Waals surface area contributed by atoms with Crippen LogP contribution in [0.2, 0.25) is 0 Å². The molecule has 0 aromatic rings. The van der Waals surface area contributed by atoms with E-state index in [2.05, 4.69) is 4.90 Å². The lowest BCUT2D eigenvalue weighted by Gasteiger charge is -2.36. The minimum Gasteiger partial charge on any atom is -0.479 e. The molecule has 0 saturated carbocycles. The Balaban J connectivity index is 1.97. The second kappa shape index (κ2) is 6.41. The Morgan fingerprint density at radius 2 is 2.10 bits per heavy atom. The standard InChI is InChI=1S/C13H23N3O4/c1-14(2)8-10-4-3-5-16(10)13(19)15-6-7-20-11(9-15)12(17)18/h10-11H,3-9H2,1-2H3,(H,17,18). The predicted octanol–water partition coefficient (Wildman–Crippen LogP) is -0.0822. The first-order valence-electron chi connectivity index (χ1n) is 7.03. The van der Waals surface area contributed by atoms with Crippen molar-refractivity contribution in [2.75, 3.05) is 46.9 Å². The molecule has 1 N–H and O–H groups in total. The third-order valence-electron chi connectivity index (χ3n) is 3.81. The zero-order valence-corrected chi connectivity index (χ0v) is 12.1. The van der Waals surface area contributed by atoms with Gasteiger partial charge in [0.05, 0.1) is 13.2 Å². The van der Waals surface area contributed by atoms with Crippen molar-refractivity contribution in [2.24, 2.45) is 0 Å². The van der Waals surface area contributed by atoms with Crippen LogP contribution in [0.25, 0.3) is 0 Å². The van der Waals surface area contributed by atoms with Gasteiger partial charge in [-0.1, -0.05) is 0 Å². The smallest absolute Gasteiger partial charge is 0.334 e. The average molecular weight is 285 g/mol. The van der Waals surface area contributed by atoms with Crippen molar-refractivity contribution in [3.05, 3.63) is 0 Å². The van der Waals surface area contributed by atoms with E-state index in [4.69, 9.17) is 9.84 Å². The molecule has 7 heteroatoms. The SMILES string of the molecule is CN(C)CC1CCCN1C(=O)N1CCOC(C(=O)O)C1. The zero-order valence-electron chi connectivity index (χ0n) is 12.1. The topological polar surface area (TPSA) is 73.3 Å². The minimum atomic E-state index is -1.01. The van der Waals surface area contributed by atoms with E-state index in [1.165, 1.54) is 0 Å². The first kappa shape index (κ1) is 15.1. The molecule has 0 aromatic heterocycles. The van der Waals surface area contributed by atoms with Crippen molar-refractivity contribution in [2.45, 2.75) is 25.0 Å². The van der Waals surface area contributed by atoms with E-state index in [0.29, 0.717) is 6.54 Å². The highest BCUT2D eigenvalue weighted by Gasteiger charge is 2.35. The molecule has 0 aromatic carbocycles. The predicted molar refractivity (Wildman–Crippen MR) is 72.6 cm³/mol. The summed E-state index contributed by atoms with van der Waals surface area (Å²) in [5.74, 6) is -1.01. The number of likely N-dealkylation sites (N-methyl/N-ethyl adjacent to an activating group) is 1. The molecular weight excluding hydrogens is 262 g/mol. The quantitative estimate of drug-likeness (QED) is 0.785. The number of rotatable bonds is 3. The number of hydrogen-bond acceptors (Lipinski definition) is 4. The summed E-state index contributed by atoms with van der Waals surface area (Å²) in [7, 11) is 3.99. The minimum absolute atomic E-state index is 0.0519. The second-order valence-electron chi connectivity index (χ2n) is 5.68. The van der Waals surface area contributed by atoms with Gasteiger partial charge in [0.25, 0.3) is 0 Å². The van der Waals surface area contributed by atoms with Crippen molar-refractivity contribution in [1.29, 1.82) is 0 Å². The van der Waals surface area contributed by atoms with E-state index >= 15 is 0 Å². The molecule has 2 unspecified atom stereocenters. The Bertz CT molecular complexity index is 375. The van der Waals surface area contributed by atoms with Crippen LogP contribution in [0.3, 0.4) is 0 Å². The van der Waals surface area contributed by atoms with Gasteiger partial charge in [0, 0.05) is 25.7 Å². The molecule has 0 aliphatic carbocycles. The van der Waals surface area contributed by atoms with Crippen LogP contribution in [0, 0.1) is 0 Å². The fourth-order valence-corrected chi connectivity index (χ4v) is 2.85. The molecule has 2 aliphatic heterocycles. The second-order valence-corrected chi connectivity index (χ2v) is 5.68. The van der Waals surface area contributed by atoms with E-state index in [1.54, 1.807) is 4.90 Å². The van der Waals surface area contributed by atoms with Gasteiger partial charge in [-0.2, -0.15) is 0 Å². The molecule has 114 valence electrons. The van der Waals surface area contributed by atoms with Crippen LogP contribution in [0.4, 0.5) is 4.79 Å². The lowest BCUT2D eigenvalue weighted by atomic mass is 10.2. The molecule has 20 heavy (non-hydrogen) atoms. The Kier molecular flexibility index (Phi) is 4.82. The summed E-state index contributed by atoms with van der Waals surface area (Å²) in [6.07, 6.45) is 1.12. The molecule has 0 spiro atoms. The van der Waals surface area contributed by atoms with Crippen LogP contribution in [-0.4, -0.2) is 90.8 Å². The number of urea groups is 1. The number of carboxylic acid groups (broad SMARTS) is 1. The van der Waals surface area contributed by atoms with Crippen LogP contribution in [0.15, 0.2) is 0 Å². The summed E-state index contributed by atoms with van der Waals surface area (Å²) >= 11 is 0. The summed E-state index contributed by atoms with van der Waals surface area (Å²) in [4.78, 5) is 29.1. The van der Waals surface area contributed by atoms with Crippen molar-refractivity contribution in [1.82, 2.24) is 14.7 Å². The van der Waals surface area contributed by atoms with Crippen LogP contribution in [0.5, 0.6) is 0 Å². The largest absolute Gasteiger partial charge is 0.479 e. The number of ether oxygens (including phenoxy) is 1. The van der Waals surface area contributed by atoms with Crippen molar-refractivity contribution in [3.63, 3.8) is 0 Å². The van der Waals surface area contributed by atoms with Crippen LogP contribution in [0.1, 0.15) is 12.8 Å². The lowest BCUT2D eigenvalue weighted by molar-refractivity contribution is -0.154. The Morgan fingerprint density at radius 1 is 1.35 bits per heavy atom. The Morgan fingerprint density at radius 3 is 2.75 bits per heavy atom. The molecule has 2 atom stereocenters. The van der Waals surface area contributed by atoms with Gasteiger partial charge in [-0.15, -0.1) is 0 Å². The van der Waals surface area contributed by atoms with Crippen LogP contribution in [-0.2, 0) is 9.53 Å². The summed E-state index contributed by atoms with van der Waals surface area (Å²) in [6.45, 7) is 2.49. The maximum atomic E-state index is 12.5. The molecule has 0 bridgehead atoms. The van der Waals surface area contributed by atoms with Gasteiger partial charge < -0.3 is 24.5 Å². The van der Waals surface area contributed by atoms with Gasteiger partial charge in [-0.25, -0.2) is 9.59 Å². The normalized spacial score (nSPS) is 27.1. The van der Waals surface area contributed by atoms with Crippen molar-refractivity contribution < 1.29 is 19.4 Å². The molecule has 2 fully saturated rings. The molecular formula is C13H23N3O4. The number of nitrogens with zero attached hydrogens (tertiary/aromatic N) is 3. The monoisotopic (exact) mass is 285 g/mol. The molecule has 7 nitrogen and oxygen atoms in total. The highest BCUT2D eigenvalue weighted by atomic mass is 16.5. The number of aliphatic carboxylic acids is 1. The third kappa shape index (κ3) is 3.40. The summed E-state index contributed by atoms with van der Waals surface area (Å²) in [5, 5.41) is 8.99. The molecule has 2 saturated heterocycles. The summed E-state index contributed by atoms with van der Waals surface area (Å²) in [6, 6.07) is 0.174.